The molecular weight excluding hydrogens is 598 g/mol. The number of hydrazone groups is 1. The fourth-order valence-electron chi connectivity index (χ4n) is 5.02. The first-order valence-electron chi connectivity index (χ1n) is 14.6. The highest BCUT2D eigenvalue weighted by atomic mass is 79.9. The molecule has 11 heteroatoms. The zero-order valence-electron chi connectivity index (χ0n) is 24.1. The molecule has 2 saturated heterocycles. The van der Waals surface area contributed by atoms with Crippen molar-refractivity contribution in [3.63, 3.8) is 0 Å². The van der Waals surface area contributed by atoms with Crippen LogP contribution in [0.15, 0.2) is 58.6 Å². The van der Waals surface area contributed by atoms with E-state index in [1.807, 2.05) is 49.4 Å². The van der Waals surface area contributed by atoms with Crippen molar-refractivity contribution in [3.05, 3.63) is 64.7 Å². The standard InChI is InChI=1S/C31H38BrN7O3/c1-3-11-24-12-5-6-13-26(24)41-18-19-42-28-25(32)20-23(21-27(28)40-4-2)22-33-37-29-34-30(38-14-7-8-15-38)36-31(35-29)39-16-9-10-17-39/h3,5-6,12-13,20-22H,1,4,7-11,14-19H2,2H3,(H,34,35,36,37). The minimum Gasteiger partial charge on any atom is -0.490 e. The monoisotopic (exact) mass is 635 g/mol. The summed E-state index contributed by atoms with van der Waals surface area (Å²) in [5.74, 6) is 3.92. The summed E-state index contributed by atoms with van der Waals surface area (Å²) in [5.41, 5.74) is 4.94. The van der Waals surface area contributed by atoms with Gasteiger partial charge in [0.05, 0.1) is 17.3 Å². The number of allylic oxidation sites excluding steroid dienone is 1. The maximum absolute atomic E-state index is 6.08. The Morgan fingerprint density at radius 2 is 1.57 bits per heavy atom. The normalized spacial score (nSPS) is 14.9. The first-order valence-corrected chi connectivity index (χ1v) is 15.4. The Kier molecular flexibility index (Phi) is 10.5. The number of nitrogens with one attached hydrogen (secondary N) is 1. The van der Waals surface area contributed by atoms with E-state index < -0.39 is 0 Å². The number of hydrogen-bond donors (Lipinski definition) is 1. The molecule has 42 heavy (non-hydrogen) atoms. The summed E-state index contributed by atoms with van der Waals surface area (Å²) in [6, 6.07) is 11.8. The molecule has 2 aromatic carbocycles. The molecule has 0 unspecified atom stereocenters. The lowest BCUT2D eigenvalue weighted by atomic mass is 10.1. The van der Waals surface area contributed by atoms with Crippen molar-refractivity contribution >= 4 is 40.0 Å². The molecule has 0 radical (unpaired) electrons. The summed E-state index contributed by atoms with van der Waals surface area (Å²) in [6.45, 7) is 10.9. The summed E-state index contributed by atoms with van der Waals surface area (Å²) in [4.78, 5) is 18.5. The maximum Gasteiger partial charge on any atom is 0.250 e. The van der Waals surface area contributed by atoms with Crippen molar-refractivity contribution in [2.45, 2.75) is 39.0 Å². The van der Waals surface area contributed by atoms with Gasteiger partial charge in [0.15, 0.2) is 11.5 Å². The van der Waals surface area contributed by atoms with Gasteiger partial charge in [-0.25, -0.2) is 5.43 Å². The summed E-state index contributed by atoms with van der Waals surface area (Å²) >= 11 is 3.65. The van der Waals surface area contributed by atoms with Crippen LogP contribution in [0.1, 0.15) is 43.7 Å². The van der Waals surface area contributed by atoms with E-state index in [2.05, 4.69) is 52.8 Å². The summed E-state index contributed by atoms with van der Waals surface area (Å²) < 4.78 is 18.7. The lowest BCUT2D eigenvalue weighted by molar-refractivity contribution is 0.206. The average molecular weight is 637 g/mol. The molecule has 0 amide bonds. The Morgan fingerprint density at radius 1 is 0.905 bits per heavy atom. The van der Waals surface area contributed by atoms with Gasteiger partial charge in [-0.3, -0.25) is 0 Å². The molecule has 10 nitrogen and oxygen atoms in total. The van der Waals surface area contributed by atoms with Crippen LogP contribution in [0, 0.1) is 0 Å². The van der Waals surface area contributed by atoms with E-state index in [9.17, 15) is 0 Å². The van der Waals surface area contributed by atoms with Gasteiger partial charge in [-0.05, 0) is 84.3 Å². The van der Waals surface area contributed by atoms with Crippen LogP contribution in [0.5, 0.6) is 17.2 Å². The van der Waals surface area contributed by atoms with E-state index in [4.69, 9.17) is 19.2 Å². The third-order valence-electron chi connectivity index (χ3n) is 7.02. The minimum absolute atomic E-state index is 0.355. The van der Waals surface area contributed by atoms with E-state index >= 15 is 0 Å². The lowest BCUT2D eigenvalue weighted by Gasteiger charge is -2.20. The van der Waals surface area contributed by atoms with Crippen molar-refractivity contribution in [1.82, 2.24) is 15.0 Å². The van der Waals surface area contributed by atoms with Crippen LogP contribution in [0.25, 0.3) is 0 Å². The van der Waals surface area contributed by atoms with E-state index in [1.54, 1.807) is 6.21 Å². The highest BCUT2D eigenvalue weighted by Gasteiger charge is 2.21. The summed E-state index contributed by atoms with van der Waals surface area (Å²) in [5, 5.41) is 4.44. The van der Waals surface area contributed by atoms with Crippen LogP contribution in [0.2, 0.25) is 0 Å². The first-order chi connectivity index (χ1) is 20.6. The highest BCUT2D eigenvalue weighted by Crippen LogP contribution is 2.36. The number of para-hydroxylation sites is 1. The number of ether oxygens (including phenoxy) is 3. The molecule has 0 atom stereocenters. The molecule has 0 spiro atoms. The zero-order chi connectivity index (χ0) is 29.1. The van der Waals surface area contributed by atoms with Crippen molar-refractivity contribution in [3.8, 4) is 17.2 Å². The molecule has 222 valence electrons. The topological polar surface area (TPSA) is 97.2 Å². The molecule has 3 aromatic rings. The number of benzene rings is 2. The van der Waals surface area contributed by atoms with E-state index in [-0.39, 0.29) is 0 Å². The third kappa shape index (κ3) is 7.70. The van der Waals surface area contributed by atoms with Gasteiger partial charge in [-0.15, -0.1) is 6.58 Å². The fourth-order valence-corrected chi connectivity index (χ4v) is 5.59. The smallest absolute Gasteiger partial charge is 0.250 e. The van der Waals surface area contributed by atoms with Gasteiger partial charge in [0.2, 0.25) is 17.8 Å². The highest BCUT2D eigenvalue weighted by molar-refractivity contribution is 9.10. The largest absolute Gasteiger partial charge is 0.490 e. The molecular formula is C31H38BrN7O3. The molecule has 2 aliphatic heterocycles. The Balaban J connectivity index is 1.25. The van der Waals surface area contributed by atoms with E-state index in [1.165, 1.54) is 0 Å². The van der Waals surface area contributed by atoms with Crippen LogP contribution in [0.3, 0.4) is 0 Å². The second-order valence-electron chi connectivity index (χ2n) is 10.1. The Bertz CT molecular complexity index is 1340. The molecule has 2 aliphatic rings. The molecule has 0 bridgehead atoms. The first kappa shape index (κ1) is 29.6. The Hall–Kier alpha value is -3.86. The van der Waals surface area contributed by atoms with Gasteiger partial charge in [-0.2, -0.15) is 20.1 Å². The van der Waals surface area contributed by atoms with Crippen molar-refractivity contribution < 1.29 is 14.2 Å². The molecule has 3 heterocycles. The van der Waals surface area contributed by atoms with Crippen LogP contribution in [-0.2, 0) is 6.42 Å². The maximum atomic E-state index is 6.08. The SMILES string of the molecule is C=CCc1ccccc1OCCOc1c(Br)cc(C=NNc2nc(N3CCCC3)nc(N3CCCC3)n2)cc1OCC. The van der Waals surface area contributed by atoms with Crippen molar-refractivity contribution in [2.75, 3.05) is 61.2 Å². The molecule has 0 saturated carbocycles. The van der Waals surface area contributed by atoms with Crippen LogP contribution in [0.4, 0.5) is 17.8 Å². The fraction of sp³-hybridized carbons (Fsp3) is 0.419. The quantitative estimate of drug-likeness (QED) is 0.101. The van der Waals surface area contributed by atoms with Gasteiger partial charge >= 0.3 is 0 Å². The second-order valence-corrected chi connectivity index (χ2v) is 10.9. The van der Waals surface area contributed by atoms with Crippen LogP contribution in [-0.4, -0.2) is 67.2 Å². The van der Waals surface area contributed by atoms with Crippen molar-refractivity contribution in [1.29, 1.82) is 0 Å². The van der Waals surface area contributed by atoms with Gasteiger partial charge < -0.3 is 24.0 Å². The second kappa shape index (κ2) is 14.9. The van der Waals surface area contributed by atoms with Gasteiger partial charge in [0.25, 0.3) is 0 Å². The van der Waals surface area contributed by atoms with Gasteiger partial charge in [0, 0.05) is 26.2 Å². The number of rotatable bonds is 14. The average Bonchev–Trinajstić information content (AvgIpc) is 3.73. The Labute approximate surface area is 255 Å². The molecule has 1 N–H and O–H groups in total. The number of halogens is 1. The number of hydrogen-bond acceptors (Lipinski definition) is 10. The van der Waals surface area contributed by atoms with Gasteiger partial charge in [-0.1, -0.05) is 24.3 Å². The lowest BCUT2D eigenvalue weighted by Crippen LogP contribution is -2.25. The van der Waals surface area contributed by atoms with Crippen LogP contribution >= 0.6 is 15.9 Å². The molecule has 1 aromatic heterocycles. The number of anilines is 3. The minimum atomic E-state index is 0.355. The summed E-state index contributed by atoms with van der Waals surface area (Å²) in [6.07, 6.45) is 8.94. The predicted octanol–water partition coefficient (Wildman–Crippen LogP) is 5.87. The zero-order valence-corrected chi connectivity index (χ0v) is 25.7. The van der Waals surface area contributed by atoms with E-state index in [0.717, 1.165) is 79.6 Å². The number of aromatic nitrogens is 3. The van der Waals surface area contributed by atoms with Crippen LogP contribution < -0.4 is 29.4 Å². The van der Waals surface area contributed by atoms with E-state index in [0.29, 0.717) is 49.2 Å². The number of nitrogens with zero attached hydrogens (tertiary/aromatic N) is 6. The predicted molar refractivity (Wildman–Crippen MR) is 171 cm³/mol. The summed E-state index contributed by atoms with van der Waals surface area (Å²) in [7, 11) is 0. The molecule has 5 rings (SSSR count). The molecule has 0 aliphatic carbocycles. The van der Waals surface area contributed by atoms with Crippen molar-refractivity contribution in [2.24, 2.45) is 5.10 Å². The molecule has 2 fully saturated rings. The Morgan fingerprint density at radius 3 is 2.24 bits per heavy atom. The van der Waals surface area contributed by atoms with Gasteiger partial charge in [0.1, 0.15) is 19.0 Å². The third-order valence-corrected chi connectivity index (χ3v) is 7.61.